The Bertz CT molecular complexity index is 1140. The van der Waals surface area contributed by atoms with Gasteiger partial charge in [-0.05, 0) is 41.0 Å². The molecule has 0 radical (unpaired) electrons. The molecule has 4 aromatic rings. The Hall–Kier alpha value is -3.74. The predicted octanol–water partition coefficient (Wildman–Crippen LogP) is 4.18. The van der Waals surface area contributed by atoms with Crippen molar-refractivity contribution in [1.82, 2.24) is 20.4 Å². The Balaban J connectivity index is 1.41. The third kappa shape index (κ3) is 4.46. The summed E-state index contributed by atoms with van der Waals surface area (Å²) in [4.78, 5) is 20.9. The summed E-state index contributed by atoms with van der Waals surface area (Å²) in [7, 11) is 0. The number of carbonyl (C=O) groups is 1. The second-order valence-electron chi connectivity index (χ2n) is 7.28. The molecule has 1 atom stereocenters. The van der Waals surface area contributed by atoms with Gasteiger partial charge in [0.05, 0.1) is 0 Å². The zero-order valence-corrected chi connectivity index (χ0v) is 16.8. The number of carbonyl (C=O) groups excluding carboxylic acids is 1. The van der Waals surface area contributed by atoms with Gasteiger partial charge < -0.3 is 14.6 Å². The fourth-order valence-electron chi connectivity index (χ4n) is 3.11. The van der Waals surface area contributed by atoms with Gasteiger partial charge in [0.25, 0.3) is 5.91 Å². The van der Waals surface area contributed by atoms with Crippen molar-refractivity contribution in [3.8, 4) is 17.1 Å². The molecular weight excluding hydrogens is 380 g/mol. The minimum atomic E-state index is -0.416. The third-order valence-electron chi connectivity index (χ3n) is 4.72. The number of aromatic nitrogens is 3. The lowest BCUT2D eigenvalue weighted by molar-refractivity contribution is -0.124. The van der Waals surface area contributed by atoms with E-state index in [1.165, 1.54) is 0 Å². The van der Waals surface area contributed by atoms with Gasteiger partial charge >= 0.3 is 0 Å². The average molecular weight is 402 g/mol. The number of hydrogen-bond acceptors (Lipinski definition) is 6. The van der Waals surface area contributed by atoms with Crippen molar-refractivity contribution in [1.29, 1.82) is 0 Å². The van der Waals surface area contributed by atoms with Gasteiger partial charge in [0.1, 0.15) is 11.8 Å². The molecule has 152 valence electrons. The average Bonchev–Trinajstić information content (AvgIpc) is 3.26. The van der Waals surface area contributed by atoms with Gasteiger partial charge in [0, 0.05) is 18.0 Å². The van der Waals surface area contributed by atoms with E-state index < -0.39 is 6.04 Å². The summed E-state index contributed by atoms with van der Waals surface area (Å²) in [6, 6.07) is 16.9. The fourth-order valence-corrected chi connectivity index (χ4v) is 3.11. The number of nitrogens with one attached hydrogen (secondary N) is 1. The molecule has 0 saturated carbocycles. The first-order valence-electron chi connectivity index (χ1n) is 9.75. The van der Waals surface area contributed by atoms with Crippen LogP contribution in [0.1, 0.15) is 25.8 Å². The molecule has 30 heavy (non-hydrogen) atoms. The van der Waals surface area contributed by atoms with E-state index in [0.717, 1.165) is 16.3 Å². The number of pyridine rings is 1. The van der Waals surface area contributed by atoms with Crippen molar-refractivity contribution in [2.45, 2.75) is 19.9 Å². The molecule has 0 fully saturated rings. The van der Waals surface area contributed by atoms with E-state index in [9.17, 15) is 4.79 Å². The highest BCUT2D eigenvalue weighted by Gasteiger charge is 2.25. The molecule has 1 amide bonds. The number of benzene rings is 2. The van der Waals surface area contributed by atoms with E-state index in [1.807, 2.05) is 56.3 Å². The van der Waals surface area contributed by atoms with Gasteiger partial charge in [-0.3, -0.25) is 9.78 Å². The van der Waals surface area contributed by atoms with Crippen LogP contribution in [-0.2, 0) is 4.79 Å². The van der Waals surface area contributed by atoms with Gasteiger partial charge in [0.15, 0.2) is 6.61 Å². The van der Waals surface area contributed by atoms with Gasteiger partial charge in [-0.25, -0.2) is 0 Å². The molecule has 0 aliphatic rings. The molecule has 0 aliphatic carbocycles. The third-order valence-corrected chi connectivity index (χ3v) is 4.72. The van der Waals surface area contributed by atoms with Gasteiger partial charge in [-0.2, -0.15) is 4.98 Å². The predicted molar refractivity (Wildman–Crippen MR) is 113 cm³/mol. The van der Waals surface area contributed by atoms with Gasteiger partial charge in [-0.1, -0.05) is 49.3 Å². The van der Waals surface area contributed by atoms with Crippen LogP contribution in [0.3, 0.4) is 0 Å². The Labute approximate surface area is 174 Å². The first kappa shape index (κ1) is 19.6. The lowest BCUT2D eigenvalue weighted by Crippen LogP contribution is -2.35. The Morgan fingerprint density at radius 3 is 2.60 bits per heavy atom. The first-order chi connectivity index (χ1) is 14.6. The maximum Gasteiger partial charge on any atom is 0.258 e. The van der Waals surface area contributed by atoms with Crippen molar-refractivity contribution in [2.24, 2.45) is 5.92 Å². The Kier molecular flexibility index (Phi) is 5.70. The van der Waals surface area contributed by atoms with E-state index in [1.54, 1.807) is 24.5 Å². The van der Waals surface area contributed by atoms with Crippen LogP contribution in [0.25, 0.3) is 22.2 Å². The quantitative estimate of drug-likeness (QED) is 0.499. The van der Waals surface area contributed by atoms with Crippen LogP contribution < -0.4 is 10.1 Å². The van der Waals surface area contributed by atoms with Crippen LogP contribution in [-0.4, -0.2) is 27.6 Å². The number of fused-ring (bicyclic) bond motifs is 1. The maximum atomic E-state index is 12.5. The van der Waals surface area contributed by atoms with E-state index in [2.05, 4.69) is 20.4 Å². The Morgan fingerprint density at radius 2 is 1.83 bits per heavy atom. The molecule has 2 aromatic heterocycles. The Morgan fingerprint density at radius 1 is 1.07 bits per heavy atom. The largest absolute Gasteiger partial charge is 0.484 e. The summed E-state index contributed by atoms with van der Waals surface area (Å²) in [5, 5.41) is 9.14. The normalized spacial score (nSPS) is 12.1. The van der Waals surface area contributed by atoms with Crippen LogP contribution in [0.4, 0.5) is 0 Å². The molecule has 1 unspecified atom stereocenters. The molecule has 0 saturated heterocycles. The number of rotatable bonds is 7. The zero-order valence-electron chi connectivity index (χ0n) is 16.8. The van der Waals surface area contributed by atoms with E-state index in [-0.39, 0.29) is 18.4 Å². The molecule has 1 N–H and O–H groups in total. The van der Waals surface area contributed by atoms with Crippen LogP contribution >= 0.6 is 0 Å². The van der Waals surface area contributed by atoms with Crippen LogP contribution in [0.15, 0.2) is 71.5 Å². The summed E-state index contributed by atoms with van der Waals surface area (Å²) in [5.41, 5.74) is 0.800. The molecule has 0 aliphatic heterocycles. The molecular formula is C23H22N4O3. The van der Waals surface area contributed by atoms with E-state index >= 15 is 0 Å². The minimum Gasteiger partial charge on any atom is -0.484 e. The highest BCUT2D eigenvalue weighted by Crippen LogP contribution is 2.24. The maximum absolute atomic E-state index is 12.5. The van der Waals surface area contributed by atoms with Crippen LogP contribution in [0, 0.1) is 5.92 Å². The topological polar surface area (TPSA) is 90.1 Å². The summed E-state index contributed by atoms with van der Waals surface area (Å²) in [6.45, 7) is 3.85. The highest BCUT2D eigenvalue weighted by molar-refractivity contribution is 5.84. The molecule has 7 heteroatoms. The van der Waals surface area contributed by atoms with Gasteiger partial charge in [0.2, 0.25) is 11.7 Å². The SMILES string of the molecule is CC(C)C(NC(=O)COc1ccc2ccccc2c1)c1nc(-c2ccncc2)no1. The van der Waals surface area contributed by atoms with Crippen molar-refractivity contribution in [2.75, 3.05) is 6.61 Å². The number of ether oxygens (including phenoxy) is 1. The molecule has 4 rings (SSSR count). The lowest BCUT2D eigenvalue weighted by Gasteiger charge is -2.18. The van der Waals surface area contributed by atoms with Crippen molar-refractivity contribution in [3.63, 3.8) is 0 Å². The lowest BCUT2D eigenvalue weighted by atomic mass is 10.0. The molecule has 0 spiro atoms. The highest BCUT2D eigenvalue weighted by atomic mass is 16.5. The minimum absolute atomic E-state index is 0.0559. The van der Waals surface area contributed by atoms with E-state index in [4.69, 9.17) is 9.26 Å². The number of hydrogen-bond donors (Lipinski definition) is 1. The fraction of sp³-hybridized carbons (Fsp3) is 0.217. The van der Waals surface area contributed by atoms with E-state index in [0.29, 0.717) is 17.5 Å². The summed E-state index contributed by atoms with van der Waals surface area (Å²) < 4.78 is 11.1. The van der Waals surface area contributed by atoms with Crippen LogP contribution in [0.2, 0.25) is 0 Å². The summed E-state index contributed by atoms with van der Waals surface area (Å²) >= 11 is 0. The second kappa shape index (κ2) is 8.73. The zero-order chi connectivity index (χ0) is 20.9. The number of amides is 1. The van der Waals surface area contributed by atoms with Gasteiger partial charge in [-0.15, -0.1) is 0 Å². The number of nitrogens with zero attached hydrogens (tertiary/aromatic N) is 3. The smallest absolute Gasteiger partial charge is 0.258 e. The summed E-state index contributed by atoms with van der Waals surface area (Å²) in [5.74, 6) is 1.25. The van der Waals surface area contributed by atoms with Crippen LogP contribution in [0.5, 0.6) is 5.75 Å². The van der Waals surface area contributed by atoms with Crippen molar-refractivity contribution < 1.29 is 14.1 Å². The monoisotopic (exact) mass is 402 g/mol. The first-order valence-corrected chi connectivity index (χ1v) is 9.75. The van der Waals surface area contributed by atoms with Crippen molar-refractivity contribution >= 4 is 16.7 Å². The van der Waals surface area contributed by atoms with Crippen molar-refractivity contribution in [3.05, 3.63) is 72.9 Å². The molecule has 2 heterocycles. The molecule has 0 bridgehead atoms. The standard InChI is InChI=1S/C23H22N4O3/c1-15(2)21(23-26-22(27-30-23)17-9-11-24-12-10-17)25-20(28)14-29-19-8-7-16-5-3-4-6-18(16)13-19/h3-13,15,21H,14H2,1-2H3,(H,25,28). The molecule has 2 aromatic carbocycles. The second-order valence-corrected chi connectivity index (χ2v) is 7.28. The molecule has 7 nitrogen and oxygen atoms in total. The summed E-state index contributed by atoms with van der Waals surface area (Å²) in [6.07, 6.45) is 3.33.